The summed E-state index contributed by atoms with van der Waals surface area (Å²) in [5.41, 5.74) is 0.524. The van der Waals surface area contributed by atoms with Gasteiger partial charge in [0.15, 0.2) is 11.6 Å². The van der Waals surface area contributed by atoms with Crippen molar-refractivity contribution in [1.29, 1.82) is 0 Å². The van der Waals surface area contributed by atoms with E-state index in [-0.39, 0.29) is 11.9 Å². The Kier molecular flexibility index (Phi) is 6.04. The SMILES string of the molecule is O=C(CCOc1ccccc1)N1CCC[C@H](Nc2ccc(F)c(F)c2)C1. The summed E-state index contributed by atoms with van der Waals surface area (Å²) in [5, 5.41) is 3.18. The van der Waals surface area contributed by atoms with Gasteiger partial charge in [0.05, 0.1) is 13.0 Å². The van der Waals surface area contributed by atoms with Crippen LogP contribution >= 0.6 is 0 Å². The fraction of sp³-hybridized carbons (Fsp3) is 0.350. The van der Waals surface area contributed by atoms with E-state index >= 15 is 0 Å². The van der Waals surface area contributed by atoms with Crippen molar-refractivity contribution in [2.24, 2.45) is 0 Å². The van der Waals surface area contributed by atoms with Gasteiger partial charge in [-0.2, -0.15) is 0 Å². The molecule has 1 saturated heterocycles. The standard InChI is InChI=1S/C20H22F2N2O2/c21-18-9-8-15(13-19(18)22)23-16-5-4-11-24(14-16)20(25)10-12-26-17-6-2-1-3-7-17/h1-3,6-9,13,16,23H,4-5,10-12,14H2/t16-/m0/s1. The number of anilines is 1. The number of hydrogen-bond donors (Lipinski definition) is 1. The van der Waals surface area contributed by atoms with Crippen LogP contribution < -0.4 is 10.1 Å². The van der Waals surface area contributed by atoms with E-state index < -0.39 is 11.6 Å². The number of carbonyl (C=O) groups is 1. The number of piperidine rings is 1. The fourth-order valence-corrected chi connectivity index (χ4v) is 3.07. The molecule has 26 heavy (non-hydrogen) atoms. The molecule has 2 aromatic rings. The van der Waals surface area contributed by atoms with Crippen molar-refractivity contribution in [2.45, 2.75) is 25.3 Å². The van der Waals surface area contributed by atoms with Crippen LogP contribution in [0.3, 0.4) is 0 Å². The van der Waals surface area contributed by atoms with E-state index in [1.807, 2.05) is 30.3 Å². The maximum absolute atomic E-state index is 13.3. The number of carbonyl (C=O) groups excluding carboxylic acids is 1. The molecule has 1 aliphatic heterocycles. The molecule has 1 amide bonds. The first-order valence-corrected chi connectivity index (χ1v) is 8.79. The Morgan fingerprint density at radius 1 is 1.15 bits per heavy atom. The Bertz CT molecular complexity index is 740. The third-order valence-electron chi connectivity index (χ3n) is 4.39. The number of benzene rings is 2. The second kappa shape index (κ2) is 8.65. The Morgan fingerprint density at radius 3 is 2.73 bits per heavy atom. The van der Waals surface area contributed by atoms with Crippen LogP contribution in [0.5, 0.6) is 5.75 Å². The molecule has 1 N–H and O–H groups in total. The highest BCUT2D eigenvalue weighted by atomic mass is 19.2. The fourth-order valence-electron chi connectivity index (χ4n) is 3.07. The number of likely N-dealkylation sites (tertiary alicyclic amines) is 1. The van der Waals surface area contributed by atoms with Gasteiger partial charge in [-0.1, -0.05) is 18.2 Å². The number of para-hydroxylation sites is 1. The lowest BCUT2D eigenvalue weighted by Crippen LogP contribution is -2.45. The van der Waals surface area contributed by atoms with E-state index in [9.17, 15) is 13.6 Å². The van der Waals surface area contributed by atoms with Crippen LogP contribution in [0.4, 0.5) is 14.5 Å². The van der Waals surface area contributed by atoms with E-state index in [0.29, 0.717) is 31.8 Å². The minimum absolute atomic E-state index is 0.0209. The topological polar surface area (TPSA) is 41.6 Å². The van der Waals surface area contributed by atoms with Gasteiger partial charge in [0.25, 0.3) is 0 Å². The summed E-state index contributed by atoms with van der Waals surface area (Å²) < 4.78 is 31.9. The number of amides is 1. The summed E-state index contributed by atoms with van der Waals surface area (Å²) in [7, 11) is 0. The number of halogens is 2. The van der Waals surface area contributed by atoms with Crippen LogP contribution in [-0.2, 0) is 4.79 Å². The molecule has 0 saturated carbocycles. The van der Waals surface area contributed by atoms with Crippen LogP contribution in [0.25, 0.3) is 0 Å². The quantitative estimate of drug-likeness (QED) is 0.851. The summed E-state index contributed by atoms with van der Waals surface area (Å²) in [6, 6.07) is 13.2. The van der Waals surface area contributed by atoms with Crippen LogP contribution in [0.2, 0.25) is 0 Å². The van der Waals surface area contributed by atoms with Gasteiger partial charge in [0.1, 0.15) is 5.75 Å². The first-order chi connectivity index (χ1) is 12.6. The molecule has 0 bridgehead atoms. The van der Waals surface area contributed by atoms with Crippen LogP contribution in [0, 0.1) is 11.6 Å². The first kappa shape index (κ1) is 18.2. The maximum Gasteiger partial charge on any atom is 0.226 e. The summed E-state index contributed by atoms with van der Waals surface area (Å²) in [5.74, 6) is -0.958. The first-order valence-electron chi connectivity index (χ1n) is 8.79. The van der Waals surface area contributed by atoms with Crippen molar-refractivity contribution < 1.29 is 18.3 Å². The maximum atomic E-state index is 13.3. The average molecular weight is 360 g/mol. The molecular formula is C20H22F2N2O2. The van der Waals surface area contributed by atoms with Gasteiger partial charge < -0.3 is 15.0 Å². The van der Waals surface area contributed by atoms with E-state index in [2.05, 4.69) is 5.32 Å². The third kappa shape index (κ3) is 4.94. The zero-order valence-corrected chi connectivity index (χ0v) is 14.5. The molecule has 0 spiro atoms. The van der Waals surface area contributed by atoms with Gasteiger partial charge in [0, 0.05) is 30.9 Å². The van der Waals surface area contributed by atoms with Gasteiger partial charge in [-0.05, 0) is 37.1 Å². The summed E-state index contributed by atoms with van der Waals surface area (Å²) in [6.45, 7) is 1.59. The van der Waals surface area contributed by atoms with Crippen LogP contribution in [0.1, 0.15) is 19.3 Å². The van der Waals surface area contributed by atoms with Gasteiger partial charge in [-0.15, -0.1) is 0 Å². The molecule has 0 unspecified atom stereocenters. The molecule has 4 nitrogen and oxygen atoms in total. The van der Waals surface area contributed by atoms with Crippen molar-refractivity contribution in [2.75, 3.05) is 25.0 Å². The van der Waals surface area contributed by atoms with E-state index in [4.69, 9.17) is 4.74 Å². The smallest absolute Gasteiger partial charge is 0.226 e. The number of nitrogens with zero attached hydrogens (tertiary/aromatic N) is 1. The number of hydrogen-bond acceptors (Lipinski definition) is 3. The molecule has 138 valence electrons. The summed E-state index contributed by atoms with van der Waals surface area (Å²) in [6.07, 6.45) is 2.06. The molecule has 6 heteroatoms. The van der Waals surface area contributed by atoms with Crippen LogP contribution in [-0.4, -0.2) is 36.5 Å². The van der Waals surface area contributed by atoms with E-state index in [1.54, 1.807) is 4.90 Å². The molecule has 3 rings (SSSR count). The third-order valence-corrected chi connectivity index (χ3v) is 4.39. The predicted octanol–water partition coefficient (Wildman–Crippen LogP) is 3.84. The molecule has 2 aromatic carbocycles. The molecular weight excluding hydrogens is 338 g/mol. The molecule has 1 heterocycles. The van der Waals surface area contributed by atoms with Crippen molar-refractivity contribution in [1.82, 2.24) is 4.90 Å². The van der Waals surface area contributed by atoms with Gasteiger partial charge in [-0.25, -0.2) is 8.78 Å². The number of rotatable bonds is 6. The lowest BCUT2D eigenvalue weighted by molar-refractivity contribution is -0.132. The number of ether oxygens (including phenoxy) is 1. The molecule has 1 aliphatic rings. The molecule has 0 aliphatic carbocycles. The Balaban J connectivity index is 1.47. The zero-order valence-electron chi connectivity index (χ0n) is 14.5. The molecule has 1 atom stereocenters. The summed E-state index contributed by atoms with van der Waals surface area (Å²) >= 11 is 0. The second-order valence-corrected chi connectivity index (χ2v) is 6.36. The molecule has 1 fully saturated rings. The highest BCUT2D eigenvalue weighted by Gasteiger charge is 2.23. The minimum Gasteiger partial charge on any atom is -0.493 e. The zero-order chi connectivity index (χ0) is 18.4. The molecule has 0 radical (unpaired) electrons. The number of nitrogens with one attached hydrogen (secondary N) is 1. The minimum atomic E-state index is -0.878. The Labute approximate surface area is 151 Å². The normalized spacial score (nSPS) is 17.0. The van der Waals surface area contributed by atoms with E-state index in [0.717, 1.165) is 30.7 Å². The van der Waals surface area contributed by atoms with Crippen LogP contribution in [0.15, 0.2) is 48.5 Å². The van der Waals surface area contributed by atoms with Gasteiger partial charge >= 0.3 is 0 Å². The average Bonchev–Trinajstić information content (AvgIpc) is 2.66. The summed E-state index contributed by atoms with van der Waals surface area (Å²) in [4.78, 5) is 14.2. The Hall–Kier alpha value is -2.63. The lowest BCUT2D eigenvalue weighted by atomic mass is 10.0. The highest BCUT2D eigenvalue weighted by Crippen LogP contribution is 2.19. The largest absolute Gasteiger partial charge is 0.493 e. The monoisotopic (exact) mass is 360 g/mol. The predicted molar refractivity (Wildman–Crippen MR) is 96.1 cm³/mol. The van der Waals surface area contributed by atoms with Gasteiger partial charge in [-0.3, -0.25) is 4.79 Å². The second-order valence-electron chi connectivity index (χ2n) is 6.36. The van der Waals surface area contributed by atoms with Gasteiger partial charge in [0.2, 0.25) is 5.91 Å². The van der Waals surface area contributed by atoms with Crippen molar-refractivity contribution in [3.63, 3.8) is 0 Å². The Morgan fingerprint density at radius 2 is 1.96 bits per heavy atom. The van der Waals surface area contributed by atoms with Crippen molar-refractivity contribution in [3.8, 4) is 5.75 Å². The highest BCUT2D eigenvalue weighted by molar-refractivity contribution is 5.76. The lowest BCUT2D eigenvalue weighted by Gasteiger charge is -2.33. The van der Waals surface area contributed by atoms with E-state index in [1.165, 1.54) is 6.07 Å². The van der Waals surface area contributed by atoms with Crippen molar-refractivity contribution in [3.05, 3.63) is 60.2 Å². The molecule has 0 aromatic heterocycles. The van der Waals surface area contributed by atoms with Crippen molar-refractivity contribution >= 4 is 11.6 Å².